The summed E-state index contributed by atoms with van der Waals surface area (Å²) in [5.74, 6) is 0.546. The molecule has 7 heteroatoms. The number of anilines is 1. The van der Waals surface area contributed by atoms with Crippen LogP contribution in [-0.2, 0) is 7.05 Å². The normalized spacial score (nSPS) is 10.8. The molecule has 0 fully saturated rings. The number of carbonyl (C=O) groups excluding carboxylic acids is 1. The second kappa shape index (κ2) is 8.46. The van der Waals surface area contributed by atoms with E-state index in [2.05, 4.69) is 5.32 Å². The number of aromatic nitrogens is 1. The molecule has 4 rings (SSSR count). The average molecular weight is 453 g/mol. The maximum Gasteiger partial charge on any atom is 0.256 e. The number of ether oxygens (including phenoxy) is 1. The number of aryl methyl sites for hydroxylation is 1. The summed E-state index contributed by atoms with van der Waals surface area (Å²) in [6, 6.07) is 19.0. The number of halogens is 2. The Morgan fingerprint density at radius 1 is 0.968 bits per heavy atom. The highest BCUT2D eigenvalue weighted by atomic mass is 35.5. The minimum Gasteiger partial charge on any atom is -0.497 e. The van der Waals surface area contributed by atoms with Crippen LogP contribution in [0.5, 0.6) is 5.75 Å². The summed E-state index contributed by atoms with van der Waals surface area (Å²) in [6.07, 6.45) is 0. The number of rotatable bonds is 4. The van der Waals surface area contributed by atoms with E-state index in [1.165, 1.54) is 7.11 Å². The second-order valence-electron chi connectivity index (χ2n) is 6.94. The highest BCUT2D eigenvalue weighted by molar-refractivity contribution is 6.42. The zero-order valence-corrected chi connectivity index (χ0v) is 18.3. The lowest BCUT2D eigenvalue weighted by molar-refractivity contribution is 0.102. The van der Waals surface area contributed by atoms with Crippen LogP contribution in [0.1, 0.15) is 10.4 Å². The lowest BCUT2D eigenvalue weighted by Gasteiger charge is -2.18. The van der Waals surface area contributed by atoms with E-state index < -0.39 is 0 Å². The van der Waals surface area contributed by atoms with Crippen LogP contribution in [-0.4, -0.2) is 17.6 Å². The van der Waals surface area contributed by atoms with Crippen LogP contribution < -0.4 is 15.5 Å². The van der Waals surface area contributed by atoms with Crippen molar-refractivity contribution in [1.82, 2.24) is 4.57 Å². The molecule has 0 unspecified atom stereocenters. The van der Waals surface area contributed by atoms with Crippen molar-refractivity contribution in [2.75, 3.05) is 12.4 Å². The van der Waals surface area contributed by atoms with Crippen molar-refractivity contribution >= 4 is 45.8 Å². The molecular formula is C24H18Cl2N2O3. The number of nitrogens with one attached hydrogen (secondary N) is 1. The first-order chi connectivity index (χ1) is 14.9. The molecule has 3 aromatic carbocycles. The monoisotopic (exact) mass is 452 g/mol. The van der Waals surface area contributed by atoms with Crippen molar-refractivity contribution < 1.29 is 9.53 Å². The highest BCUT2D eigenvalue weighted by Gasteiger charge is 2.20. The minimum absolute atomic E-state index is 0.215. The number of hydrogen-bond acceptors (Lipinski definition) is 3. The third kappa shape index (κ3) is 3.90. The molecule has 0 aliphatic rings. The molecule has 1 aromatic heterocycles. The molecular weight excluding hydrogens is 435 g/mol. The van der Waals surface area contributed by atoms with Crippen LogP contribution in [0.4, 0.5) is 5.82 Å². The summed E-state index contributed by atoms with van der Waals surface area (Å²) in [4.78, 5) is 26.5. The van der Waals surface area contributed by atoms with Gasteiger partial charge in [-0.1, -0.05) is 47.5 Å². The molecule has 0 radical (unpaired) electrons. The first-order valence-electron chi connectivity index (χ1n) is 9.43. The number of nitrogens with zero attached hydrogens (tertiary/aromatic N) is 1. The van der Waals surface area contributed by atoms with Gasteiger partial charge in [0, 0.05) is 18.0 Å². The van der Waals surface area contributed by atoms with Crippen LogP contribution in [0.25, 0.3) is 22.0 Å². The van der Waals surface area contributed by atoms with E-state index in [9.17, 15) is 9.59 Å². The van der Waals surface area contributed by atoms with Crippen molar-refractivity contribution in [2.45, 2.75) is 0 Å². The molecule has 0 aliphatic heterocycles. The van der Waals surface area contributed by atoms with E-state index in [0.717, 1.165) is 0 Å². The molecule has 0 bridgehead atoms. The maximum absolute atomic E-state index is 13.5. The highest BCUT2D eigenvalue weighted by Crippen LogP contribution is 2.33. The average Bonchev–Trinajstić information content (AvgIpc) is 2.79. The van der Waals surface area contributed by atoms with Gasteiger partial charge < -0.3 is 14.6 Å². The summed E-state index contributed by atoms with van der Waals surface area (Å²) in [7, 11) is 3.33. The molecule has 1 N–H and O–H groups in total. The minimum atomic E-state index is -0.370. The van der Waals surface area contributed by atoms with E-state index in [-0.39, 0.29) is 11.3 Å². The smallest absolute Gasteiger partial charge is 0.256 e. The molecule has 0 aliphatic carbocycles. The Bertz CT molecular complexity index is 1380. The fourth-order valence-corrected chi connectivity index (χ4v) is 3.80. The summed E-state index contributed by atoms with van der Waals surface area (Å²) >= 11 is 12.3. The van der Waals surface area contributed by atoms with Gasteiger partial charge in [0.25, 0.3) is 5.91 Å². The van der Waals surface area contributed by atoms with Gasteiger partial charge in [-0.15, -0.1) is 0 Å². The van der Waals surface area contributed by atoms with Gasteiger partial charge >= 0.3 is 0 Å². The van der Waals surface area contributed by atoms with Gasteiger partial charge in [-0.25, -0.2) is 0 Å². The van der Waals surface area contributed by atoms with Gasteiger partial charge in [-0.3, -0.25) is 9.59 Å². The predicted octanol–water partition coefficient (Wildman–Crippen LogP) is 5.77. The van der Waals surface area contributed by atoms with Gasteiger partial charge in [0.15, 0.2) is 5.43 Å². The van der Waals surface area contributed by atoms with Gasteiger partial charge in [0.2, 0.25) is 0 Å². The van der Waals surface area contributed by atoms with E-state index in [4.69, 9.17) is 27.9 Å². The van der Waals surface area contributed by atoms with Crippen LogP contribution in [0.2, 0.25) is 10.0 Å². The zero-order valence-electron chi connectivity index (χ0n) is 16.8. The summed E-state index contributed by atoms with van der Waals surface area (Å²) in [5, 5.41) is 4.14. The third-order valence-electron chi connectivity index (χ3n) is 5.08. The van der Waals surface area contributed by atoms with Crippen molar-refractivity contribution in [3.8, 4) is 16.9 Å². The number of para-hydroxylation sites is 1. The van der Waals surface area contributed by atoms with Gasteiger partial charge in [-0.2, -0.15) is 0 Å². The van der Waals surface area contributed by atoms with Crippen LogP contribution in [0.3, 0.4) is 0 Å². The summed E-state index contributed by atoms with van der Waals surface area (Å²) in [6.45, 7) is 0. The van der Waals surface area contributed by atoms with E-state index in [1.54, 1.807) is 66.2 Å². The lowest BCUT2D eigenvalue weighted by Crippen LogP contribution is -2.21. The SMILES string of the molecule is COc1cccc(C(=O)Nc2c(-c3ccc(Cl)c(Cl)c3)c(=O)c3ccccc3n2C)c1. The molecule has 156 valence electrons. The lowest BCUT2D eigenvalue weighted by atomic mass is 10.0. The Morgan fingerprint density at radius 2 is 1.74 bits per heavy atom. The number of hydrogen-bond donors (Lipinski definition) is 1. The van der Waals surface area contributed by atoms with Crippen LogP contribution in [0, 0.1) is 0 Å². The molecule has 31 heavy (non-hydrogen) atoms. The van der Waals surface area contributed by atoms with Gasteiger partial charge in [0.05, 0.1) is 28.2 Å². The first-order valence-corrected chi connectivity index (χ1v) is 10.2. The molecule has 0 atom stereocenters. The molecule has 5 nitrogen and oxygen atoms in total. The number of carbonyl (C=O) groups is 1. The third-order valence-corrected chi connectivity index (χ3v) is 5.82. The second-order valence-corrected chi connectivity index (χ2v) is 7.76. The largest absolute Gasteiger partial charge is 0.497 e. The van der Waals surface area contributed by atoms with Gasteiger partial charge in [0.1, 0.15) is 11.6 Å². The Labute approximate surface area is 188 Å². The zero-order chi connectivity index (χ0) is 22.1. The van der Waals surface area contributed by atoms with Crippen LogP contribution in [0.15, 0.2) is 71.5 Å². The summed E-state index contributed by atoms with van der Waals surface area (Å²) in [5.41, 5.74) is 1.77. The van der Waals surface area contributed by atoms with Crippen molar-refractivity contribution in [1.29, 1.82) is 0 Å². The molecule has 1 heterocycles. The quantitative estimate of drug-likeness (QED) is 0.427. The number of amides is 1. The fraction of sp³-hybridized carbons (Fsp3) is 0.0833. The predicted molar refractivity (Wildman–Crippen MR) is 126 cm³/mol. The maximum atomic E-state index is 13.5. The van der Waals surface area contributed by atoms with E-state index in [1.807, 2.05) is 12.1 Å². The fourth-order valence-electron chi connectivity index (χ4n) is 3.50. The molecule has 1 amide bonds. The molecule has 0 saturated heterocycles. The van der Waals surface area contributed by atoms with Crippen LogP contribution >= 0.6 is 23.2 Å². The van der Waals surface area contributed by atoms with E-state index in [0.29, 0.717) is 49.2 Å². The van der Waals surface area contributed by atoms with Crippen molar-refractivity contribution in [3.05, 3.63) is 92.6 Å². The standard InChI is InChI=1S/C24H18Cl2N2O3/c1-28-20-9-4-3-8-17(20)22(29)21(14-10-11-18(25)19(26)13-14)23(28)27-24(30)15-6-5-7-16(12-15)31-2/h3-13H,1-2H3,(H,27,30). The number of pyridine rings is 1. The molecule has 4 aromatic rings. The van der Waals surface area contributed by atoms with E-state index >= 15 is 0 Å². The summed E-state index contributed by atoms with van der Waals surface area (Å²) < 4.78 is 7.00. The van der Waals surface area contributed by atoms with Gasteiger partial charge in [-0.05, 0) is 48.0 Å². The van der Waals surface area contributed by atoms with Crippen molar-refractivity contribution in [2.24, 2.45) is 7.05 Å². The number of fused-ring (bicyclic) bond motifs is 1. The Kier molecular flexibility index (Phi) is 5.72. The molecule has 0 saturated carbocycles. The molecule has 0 spiro atoms. The Hall–Kier alpha value is -3.28. The topological polar surface area (TPSA) is 60.3 Å². The Balaban J connectivity index is 1.94. The van der Waals surface area contributed by atoms with Crippen molar-refractivity contribution in [3.63, 3.8) is 0 Å². The number of methoxy groups -OCH3 is 1. The first kappa shape index (κ1) is 21.0. The Morgan fingerprint density at radius 3 is 2.48 bits per heavy atom. The number of benzene rings is 3.